The summed E-state index contributed by atoms with van der Waals surface area (Å²) in [6.07, 6.45) is 0.819. The summed E-state index contributed by atoms with van der Waals surface area (Å²) in [6, 6.07) is 19.0. The van der Waals surface area contributed by atoms with Crippen LogP contribution >= 0.6 is 11.6 Å². The van der Waals surface area contributed by atoms with E-state index in [-0.39, 0.29) is 22.1 Å². The number of nitrogens with zero attached hydrogens (tertiary/aromatic N) is 1. The maximum Gasteiger partial charge on any atom is 0.300 e. The minimum atomic E-state index is -0.939. The fourth-order valence-electron chi connectivity index (χ4n) is 3.80. The first-order valence-electron chi connectivity index (χ1n) is 10.5. The minimum Gasteiger partial charge on any atom is -0.507 e. The van der Waals surface area contributed by atoms with E-state index >= 15 is 0 Å². The Morgan fingerprint density at radius 3 is 2.48 bits per heavy atom. The van der Waals surface area contributed by atoms with Crippen LogP contribution in [-0.4, -0.2) is 28.5 Å². The van der Waals surface area contributed by atoms with E-state index in [1.807, 2.05) is 6.92 Å². The third-order valence-corrected chi connectivity index (χ3v) is 5.65. The molecule has 1 aliphatic rings. The molecule has 0 aromatic heterocycles. The van der Waals surface area contributed by atoms with Crippen LogP contribution in [0.1, 0.15) is 30.5 Å². The Kier molecular flexibility index (Phi) is 6.38. The Hall–Kier alpha value is -3.77. The molecule has 0 bridgehead atoms. The SMILES string of the molecule is CCCOc1cccc(/C(O)=C2/C(=O)C(=O)N(c3ccccc3)C2c2ccc(O)c(Cl)c2)c1. The second-order valence-electron chi connectivity index (χ2n) is 7.59. The molecule has 1 saturated heterocycles. The number of halogens is 1. The fraction of sp³-hybridized carbons (Fsp3) is 0.154. The highest BCUT2D eigenvalue weighted by Gasteiger charge is 2.47. The molecule has 3 aromatic rings. The van der Waals surface area contributed by atoms with Crippen molar-refractivity contribution < 1.29 is 24.5 Å². The number of aromatic hydroxyl groups is 1. The second-order valence-corrected chi connectivity index (χ2v) is 8.00. The van der Waals surface area contributed by atoms with Gasteiger partial charge >= 0.3 is 0 Å². The van der Waals surface area contributed by atoms with Crippen molar-refractivity contribution in [3.63, 3.8) is 0 Å². The molecule has 0 aliphatic carbocycles. The van der Waals surface area contributed by atoms with Gasteiger partial charge in [0.25, 0.3) is 11.7 Å². The van der Waals surface area contributed by atoms with Gasteiger partial charge in [-0.05, 0) is 48.4 Å². The number of para-hydroxylation sites is 1. The van der Waals surface area contributed by atoms with E-state index < -0.39 is 17.7 Å². The van der Waals surface area contributed by atoms with Crippen molar-refractivity contribution in [2.75, 3.05) is 11.5 Å². The topological polar surface area (TPSA) is 87.1 Å². The molecule has 1 fully saturated rings. The first-order chi connectivity index (χ1) is 15.9. The van der Waals surface area contributed by atoms with Crippen molar-refractivity contribution in [1.29, 1.82) is 0 Å². The zero-order chi connectivity index (χ0) is 23.5. The van der Waals surface area contributed by atoms with Crippen LogP contribution in [0, 0.1) is 0 Å². The molecule has 33 heavy (non-hydrogen) atoms. The zero-order valence-electron chi connectivity index (χ0n) is 17.9. The number of ketones is 1. The van der Waals surface area contributed by atoms with Gasteiger partial charge in [0.05, 0.1) is 23.2 Å². The summed E-state index contributed by atoms with van der Waals surface area (Å²) >= 11 is 6.14. The highest BCUT2D eigenvalue weighted by Crippen LogP contribution is 2.43. The predicted octanol–water partition coefficient (Wildman–Crippen LogP) is 5.46. The quantitative estimate of drug-likeness (QED) is 0.288. The summed E-state index contributed by atoms with van der Waals surface area (Å²) in [5.41, 5.74) is 1.25. The van der Waals surface area contributed by atoms with Crippen molar-refractivity contribution in [3.8, 4) is 11.5 Å². The van der Waals surface area contributed by atoms with E-state index in [0.717, 1.165) is 6.42 Å². The number of hydrogen-bond acceptors (Lipinski definition) is 5. The summed E-state index contributed by atoms with van der Waals surface area (Å²) in [7, 11) is 0. The lowest BCUT2D eigenvalue weighted by Gasteiger charge is -2.25. The molecular formula is C26H22ClNO5. The molecule has 1 heterocycles. The van der Waals surface area contributed by atoms with Gasteiger partial charge < -0.3 is 14.9 Å². The van der Waals surface area contributed by atoms with Crippen LogP contribution in [-0.2, 0) is 9.59 Å². The first-order valence-corrected chi connectivity index (χ1v) is 10.9. The lowest BCUT2D eigenvalue weighted by atomic mass is 9.95. The number of aliphatic hydroxyl groups excluding tert-OH is 1. The van der Waals surface area contributed by atoms with Gasteiger partial charge in [0.1, 0.15) is 17.3 Å². The predicted molar refractivity (Wildman–Crippen MR) is 127 cm³/mol. The summed E-state index contributed by atoms with van der Waals surface area (Å²) in [6.45, 7) is 2.49. The van der Waals surface area contributed by atoms with Crippen molar-refractivity contribution in [2.45, 2.75) is 19.4 Å². The maximum absolute atomic E-state index is 13.2. The van der Waals surface area contributed by atoms with E-state index in [4.69, 9.17) is 16.3 Å². The number of ether oxygens (including phenoxy) is 1. The monoisotopic (exact) mass is 463 g/mol. The van der Waals surface area contributed by atoms with Crippen LogP contribution in [0.25, 0.3) is 5.76 Å². The van der Waals surface area contributed by atoms with Crippen molar-refractivity contribution >= 4 is 34.7 Å². The fourth-order valence-corrected chi connectivity index (χ4v) is 3.99. The van der Waals surface area contributed by atoms with Gasteiger partial charge in [0, 0.05) is 11.3 Å². The Labute approximate surface area is 196 Å². The van der Waals surface area contributed by atoms with Crippen LogP contribution in [0.4, 0.5) is 5.69 Å². The molecule has 168 valence electrons. The molecule has 1 aliphatic heterocycles. The molecule has 1 unspecified atom stereocenters. The molecule has 4 rings (SSSR count). The highest BCUT2D eigenvalue weighted by molar-refractivity contribution is 6.51. The van der Waals surface area contributed by atoms with E-state index in [1.165, 1.54) is 17.0 Å². The number of aliphatic hydroxyl groups is 1. The van der Waals surface area contributed by atoms with Gasteiger partial charge in [0.2, 0.25) is 0 Å². The van der Waals surface area contributed by atoms with Crippen LogP contribution < -0.4 is 9.64 Å². The molecule has 1 amide bonds. The number of rotatable bonds is 6. The maximum atomic E-state index is 13.2. The number of benzene rings is 3. The number of carbonyl (C=O) groups is 2. The van der Waals surface area contributed by atoms with Gasteiger partial charge in [-0.1, -0.05) is 54.9 Å². The smallest absolute Gasteiger partial charge is 0.300 e. The standard InChI is InChI=1S/C26H22ClNO5/c1-2-13-33-19-10-6-7-17(14-19)24(30)22-23(16-11-12-21(29)20(27)15-16)28(26(32)25(22)31)18-8-4-3-5-9-18/h3-12,14-15,23,29-30H,2,13H2,1H3/b24-22-. The van der Waals surface area contributed by atoms with Gasteiger partial charge in [0.15, 0.2) is 0 Å². The zero-order valence-corrected chi connectivity index (χ0v) is 18.6. The molecule has 6 nitrogen and oxygen atoms in total. The highest BCUT2D eigenvalue weighted by atomic mass is 35.5. The van der Waals surface area contributed by atoms with Crippen LogP contribution in [0.3, 0.4) is 0 Å². The number of phenols is 1. The Balaban J connectivity index is 1.90. The molecule has 3 aromatic carbocycles. The average Bonchev–Trinajstić information content (AvgIpc) is 3.10. The van der Waals surface area contributed by atoms with Crippen LogP contribution in [0.5, 0.6) is 11.5 Å². The normalized spacial score (nSPS) is 17.4. The first kappa shape index (κ1) is 22.4. The van der Waals surface area contributed by atoms with Crippen molar-refractivity contribution in [2.24, 2.45) is 0 Å². The summed E-state index contributed by atoms with van der Waals surface area (Å²) in [4.78, 5) is 27.6. The van der Waals surface area contributed by atoms with Crippen molar-refractivity contribution in [3.05, 3.63) is 94.5 Å². The number of phenolic OH excluding ortho intramolecular Hbond substituents is 1. The Morgan fingerprint density at radius 2 is 1.79 bits per heavy atom. The average molecular weight is 464 g/mol. The lowest BCUT2D eigenvalue weighted by molar-refractivity contribution is -0.132. The van der Waals surface area contributed by atoms with Gasteiger partial charge in [-0.2, -0.15) is 0 Å². The largest absolute Gasteiger partial charge is 0.507 e. The van der Waals surface area contributed by atoms with E-state index in [2.05, 4.69) is 0 Å². The Morgan fingerprint density at radius 1 is 1.03 bits per heavy atom. The third-order valence-electron chi connectivity index (χ3n) is 5.35. The number of Topliss-reactive ketones (excluding diaryl/α,β-unsaturated/α-hetero) is 1. The second kappa shape index (κ2) is 9.38. The number of anilines is 1. The van der Waals surface area contributed by atoms with E-state index in [9.17, 15) is 19.8 Å². The van der Waals surface area contributed by atoms with E-state index in [1.54, 1.807) is 60.7 Å². The molecular weight excluding hydrogens is 442 g/mol. The minimum absolute atomic E-state index is 0.0705. The molecule has 0 spiro atoms. The Bertz CT molecular complexity index is 1240. The van der Waals surface area contributed by atoms with Crippen LogP contribution in [0.15, 0.2) is 78.4 Å². The molecule has 2 N–H and O–H groups in total. The third kappa shape index (κ3) is 4.30. The molecule has 7 heteroatoms. The number of amides is 1. The summed E-state index contributed by atoms with van der Waals surface area (Å²) in [5, 5.41) is 21.2. The lowest BCUT2D eigenvalue weighted by Crippen LogP contribution is -2.29. The van der Waals surface area contributed by atoms with Gasteiger partial charge in [-0.25, -0.2) is 0 Å². The molecule has 0 radical (unpaired) electrons. The van der Waals surface area contributed by atoms with Crippen molar-refractivity contribution in [1.82, 2.24) is 0 Å². The van der Waals surface area contributed by atoms with Gasteiger partial charge in [-0.15, -0.1) is 0 Å². The summed E-state index contributed by atoms with van der Waals surface area (Å²) in [5.74, 6) is -1.48. The van der Waals surface area contributed by atoms with Crippen LogP contribution in [0.2, 0.25) is 5.02 Å². The number of hydrogen-bond donors (Lipinski definition) is 2. The van der Waals surface area contributed by atoms with Gasteiger partial charge in [-0.3, -0.25) is 14.5 Å². The summed E-state index contributed by atoms with van der Waals surface area (Å²) < 4.78 is 5.65. The number of carbonyl (C=O) groups excluding carboxylic acids is 2. The molecule has 1 atom stereocenters. The molecule has 0 saturated carbocycles. The van der Waals surface area contributed by atoms with E-state index in [0.29, 0.717) is 29.2 Å².